The van der Waals surface area contributed by atoms with Gasteiger partial charge < -0.3 is 0 Å². The molecule has 0 aliphatic rings. The van der Waals surface area contributed by atoms with E-state index < -0.39 is 8.07 Å². The molecule has 194 valence electrons. The molecule has 5 rings (SSSR count). The van der Waals surface area contributed by atoms with E-state index in [1.165, 1.54) is 67.1 Å². The summed E-state index contributed by atoms with van der Waals surface area (Å²) in [6.45, 7) is 16.7. The maximum Gasteiger partial charge on any atom is 0.146 e. The lowest BCUT2D eigenvalue weighted by molar-refractivity contribution is 0.802. The molecule has 0 saturated carbocycles. The molecule has 5 aromatic rings. The molecule has 0 radical (unpaired) electrons. The fourth-order valence-corrected chi connectivity index (χ4v) is 12.3. The molecule has 0 unspecified atom stereocenters. The number of hydrogen-bond donors (Lipinski definition) is 0. The van der Waals surface area contributed by atoms with Crippen molar-refractivity contribution in [3.8, 4) is 11.5 Å². The predicted molar refractivity (Wildman–Crippen MR) is 173 cm³/mol. The SMILES string of the molecule is CCCCc1c2cc3ccccc3cc2c(C#C[Si](C(C)C)(C(C)C)C(C)C)c2cc3ccccc3cc12. The lowest BCUT2D eigenvalue weighted by Gasteiger charge is -2.38. The molecule has 0 saturated heterocycles. The zero-order valence-corrected chi connectivity index (χ0v) is 25.3. The first-order chi connectivity index (χ1) is 18.3. The fourth-order valence-electron chi connectivity index (χ4n) is 7.05. The summed E-state index contributed by atoms with van der Waals surface area (Å²) < 4.78 is 0. The van der Waals surface area contributed by atoms with E-state index in [2.05, 4.69) is 133 Å². The van der Waals surface area contributed by atoms with Gasteiger partial charge in [-0.15, -0.1) is 5.54 Å². The topological polar surface area (TPSA) is 0 Å². The van der Waals surface area contributed by atoms with E-state index in [1.54, 1.807) is 0 Å². The van der Waals surface area contributed by atoms with Gasteiger partial charge in [-0.2, -0.15) is 0 Å². The molecule has 5 aromatic carbocycles. The molecule has 0 atom stereocenters. The van der Waals surface area contributed by atoms with Crippen molar-refractivity contribution >= 4 is 51.2 Å². The first kappa shape index (κ1) is 26.5. The fraction of sp³-hybridized carbons (Fsp3) is 0.351. The van der Waals surface area contributed by atoms with Crippen LogP contribution in [0.25, 0.3) is 43.1 Å². The molecule has 1 heteroatoms. The highest BCUT2D eigenvalue weighted by Gasteiger charge is 2.41. The second kappa shape index (κ2) is 10.6. The minimum absolute atomic E-state index is 0.609. The standard InChI is InChI=1S/C37H42Si/c1-8-9-18-32-34-21-28-14-10-12-16-30(28)23-36(34)33(19-20-38(25(2)3,26(4)5)27(6)7)37-24-31-17-13-11-15-29(31)22-35(32)37/h10-17,21-27H,8-9,18H2,1-7H3. The Morgan fingerprint density at radius 2 is 1.00 bits per heavy atom. The zero-order valence-electron chi connectivity index (χ0n) is 24.3. The highest BCUT2D eigenvalue weighted by atomic mass is 28.3. The molecule has 0 aliphatic carbocycles. The smallest absolute Gasteiger partial charge is 0.125 e. The number of hydrogen-bond acceptors (Lipinski definition) is 0. The van der Waals surface area contributed by atoms with Crippen LogP contribution in [0.1, 0.15) is 72.4 Å². The third-order valence-corrected chi connectivity index (χ3v) is 15.3. The molecular weight excluding hydrogens is 472 g/mol. The van der Waals surface area contributed by atoms with E-state index in [0.717, 1.165) is 6.42 Å². The first-order valence-corrected chi connectivity index (χ1v) is 16.8. The zero-order chi connectivity index (χ0) is 27.0. The quantitative estimate of drug-likeness (QED) is 0.120. The Balaban J connectivity index is 1.97. The van der Waals surface area contributed by atoms with Crippen LogP contribution < -0.4 is 0 Å². The average Bonchev–Trinajstić information content (AvgIpc) is 2.90. The van der Waals surface area contributed by atoms with E-state index in [-0.39, 0.29) is 0 Å². The van der Waals surface area contributed by atoms with Crippen LogP contribution in [0.15, 0.2) is 72.8 Å². The Kier molecular flexibility index (Phi) is 7.39. The summed E-state index contributed by atoms with van der Waals surface area (Å²) in [4.78, 5) is 0. The van der Waals surface area contributed by atoms with Crippen LogP contribution in [-0.4, -0.2) is 8.07 Å². The van der Waals surface area contributed by atoms with Crippen LogP contribution >= 0.6 is 0 Å². The molecule has 0 bridgehead atoms. The molecule has 0 aliphatic heterocycles. The lowest BCUT2D eigenvalue weighted by Crippen LogP contribution is -2.43. The van der Waals surface area contributed by atoms with E-state index in [9.17, 15) is 0 Å². The van der Waals surface area contributed by atoms with E-state index >= 15 is 0 Å². The van der Waals surface area contributed by atoms with Crippen LogP contribution in [0.2, 0.25) is 16.6 Å². The molecule has 0 spiro atoms. The summed E-state index contributed by atoms with van der Waals surface area (Å²) >= 11 is 0. The Labute approximate surface area is 230 Å². The Morgan fingerprint density at radius 3 is 1.37 bits per heavy atom. The normalized spacial score (nSPS) is 12.4. The number of rotatable bonds is 6. The van der Waals surface area contributed by atoms with Crippen molar-refractivity contribution in [2.24, 2.45) is 0 Å². The molecular formula is C37H42Si. The van der Waals surface area contributed by atoms with Crippen molar-refractivity contribution in [1.82, 2.24) is 0 Å². The lowest BCUT2D eigenvalue weighted by atomic mass is 9.87. The highest BCUT2D eigenvalue weighted by molar-refractivity contribution is 6.90. The van der Waals surface area contributed by atoms with Crippen molar-refractivity contribution in [3.63, 3.8) is 0 Å². The van der Waals surface area contributed by atoms with Crippen molar-refractivity contribution in [2.45, 2.75) is 84.4 Å². The monoisotopic (exact) mass is 514 g/mol. The number of benzene rings is 5. The van der Waals surface area contributed by atoms with Gasteiger partial charge in [-0.1, -0.05) is 109 Å². The average molecular weight is 515 g/mol. The second-order valence-electron chi connectivity index (χ2n) is 12.1. The molecule has 0 amide bonds. The van der Waals surface area contributed by atoms with Gasteiger partial charge in [0.05, 0.1) is 0 Å². The van der Waals surface area contributed by atoms with Crippen LogP contribution in [-0.2, 0) is 6.42 Å². The summed E-state index contributed by atoms with van der Waals surface area (Å²) in [5.41, 5.74) is 8.62. The predicted octanol–water partition coefficient (Wildman–Crippen LogP) is 11.2. The van der Waals surface area contributed by atoms with Gasteiger partial charge in [0.2, 0.25) is 0 Å². The van der Waals surface area contributed by atoms with E-state index in [4.69, 9.17) is 0 Å². The van der Waals surface area contributed by atoms with E-state index in [0.29, 0.717) is 16.6 Å². The second-order valence-corrected chi connectivity index (χ2v) is 17.7. The largest absolute Gasteiger partial charge is 0.146 e. The summed E-state index contributed by atoms with van der Waals surface area (Å²) in [5.74, 6) is 3.94. The molecule has 0 aromatic heterocycles. The highest BCUT2D eigenvalue weighted by Crippen LogP contribution is 2.42. The first-order valence-electron chi connectivity index (χ1n) is 14.6. The Morgan fingerprint density at radius 1 is 0.605 bits per heavy atom. The molecule has 38 heavy (non-hydrogen) atoms. The van der Waals surface area contributed by atoms with Crippen LogP contribution in [0, 0.1) is 11.5 Å². The molecule has 0 fully saturated rings. The molecule has 0 nitrogen and oxygen atoms in total. The van der Waals surface area contributed by atoms with Gasteiger partial charge in [-0.3, -0.25) is 0 Å². The summed E-state index contributed by atoms with van der Waals surface area (Å²) in [7, 11) is -1.89. The summed E-state index contributed by atoms with van der Waals surface area (Å²) in [6.07, 6.45) is 3.48. The van der Waals surface area contributed by atoms with Crippen molar-refractivity contribution in [1.29, 1.82) is 0 Å². The minimum atomic E-state index is -1.89. The Bertz CT molecular complexity index is 1570. The minimum Gasteiger partial charge on any atom is -0.125 e. The summed E-state index contributed by atoms with van der Waals surface area (Å²) in [5, 5.41) is 10.6. The third kappa shape index (κ3) is 4.44. The van der Waals surface area contributed by atoms with Gasteiger partial charge in [0.15, 0.2) is 0 Å². The van der Waals surface area contributed by atoms with Crippen molar-refractivity contribution in [2.75, 3.05) is 0 Å². The van der Waals surface area contributed by atoms with Gasteiger partial charge >= 0.3 is 0 Å². The van der Waals surface area contributed by atoms with Crippen molar-refractivity contribution in [3.05, 3.63) is 83.9 Å². The van der Waals surface area contributed by atoms with Gasteiger partial charge in [0.1, 0.15) is 8.07 Å². The van der Waals surface area contributed by atoms with Crippen LogP contribution in [0.5, 0.6) is 0 Å². The Hall–Kier alpha value is -3.08. The van der Waals surface area contributed by atoms with Gasteiger partial charge in [-0.25, -0.2) is 0 Å². The van der Waals surface area contributed by atoms with Crippen LogP contribution in [0.4, 0.5) is 0 Å². The van der Waals surface area contributed by atoms with Gasteiger partial charge in [0, 0.05) is 5.56 Å². The molecule has 0 heterocycles. The maximum atomic E-state index is 4.08. The summed E-state index contributed by atoms with van der Waals surface area (Å²) in [6, 6.07) is 27.3. The molecule has 0 N–H and O–H groups in total. The number of unbranched alkanes of at least 4 members (excludes halogenated alkanes) is 1. The van der Waals surface area contributed by atoms with Gasteiger partial charge in [0.25, 0.3) is 0 Å². The van der Waals surface area contributed by atoms with Crippen LogP contribution in [0.3, 0.4) is 0 Å². The maximum absolute atomic E-state index is 4.08. The number of fused-ring (bicyclic) bond motifs is 4. The van der Waals surface area contributed by atoms with E-state index in [1.807, 2.05) is 0 Å². The third-order valence-electron chi connectivity index (χ3n) is 9.01. The van der Waals surface area contributed by atoms with Gasteiger partial charge in [-0.05, 0) is 102 Å². The van der Waals surface area contributed by atoms with Crippen molar-refractivity contribution < 1.29 is 0 Å². The number of aryl methyl sites for hydroxylation is 1.